The Morgan fingerprint density at radius 1 is 1.29 bits per heavy atom. The summed E-state index contributed by atoms with van der Waals surface area (Å²) in [6.07, 6.45) is 0. The number of nitrogens with one attached hydrogen (secondary N) is 2. The first-order valence-corrected chi connectivity index (χ1v) is 8.78. The molecule has 2 N–H and O–H groups in total. The van der Waals surface area contributed by atoms with Crippen molar-refractivity contribution >= 4 is 38.1 Å². The smallest absolute Gasteiger partial charge is 0.264 e. The van der Waals surface area contributed by atoms with Gasteiger partial charge >= 0.3 is 0 Å². The van der Waals surface area contributed by atoms with E-state index in [2.05, 4.69) is 20.2 Å². The van der Waals surface area contributed by atoms with Gasteiger partial charge in [-0.2, -0.15) is 0 Å². The van der Waals surface area contributed by atoms with Gasteiger partial charge in [-0.1, -0.05) is 22.9 Å². The maximum absolute atomic E-state index is 12.5. The van der Waals surface area contributed by atoms with Gasteiger partial charge in [-0.25, -0.2) is 8.42 Å². The maximum Gasteiger partial charge on any atom is 0.264 e. The van der Waals surface area contributed by atoms with Gasteiger partial charge in [-0.3, -0.25) is 4.72 Å². The van der Waals surface area contributed by atoms with Gasteiger partial charge in [0.05, 0.1) is 4.90 Å². The fourth-order valence-corrected chi connectivity index (χ4v) is 4.31. The number of rotatable bonds is 5. The molecule has 2 rings (SSSR count). The van der Waals surface area contributed by atoms with E-state index in [0.717, 1.165) is 5.56 Å². The zero-order chi connectivity index (χ0) is 15.6. The van der Waals surface area contributed by atoms with Crippen LogP contribution in [0.4, 0.5) is 5.13 Å². The summed E-state index contributed by atoms with van der Waals surface area (Å²) < 4.78 is 27.4. The Balaban J connectivity index is 2.44. The predicted molar refractivity (Wildman–Crippen MR) is 84.4 cm³/mol. The molecule has 9 heteroatoms. The first-order chi connectivity index (χ1) is 9.83. The van der Waals surface area contributed by atoms with Gasteiger partial charge in [-0.05, 0) is 44.2 Å². The Hall–Kier alpha value is -1.22. The summed E-state index contributed by atoms with van der Waals surface area (Å²) in [7, 11) is -1.96. The van der Waals surface area contributed by atoms with Crippen molar-refractivity contribution in [1.29, 1.82) is 0 Å². The van der Waals surface area contributed by atoms with Crippen molar-refractivity contribution < 1.29 is 8.42 Å². The third-order valence-electron chi connectivity index (χ3n) is 2.84. The minimum atomic E-state index is -3.75. The molecular weight excluding hydrogens is 332 g/mol. The van der Waals surface area contributed by atoms with E-state index in [1.165, 1.54) is 17.4 Å². The molecule has 2 aromatic rings. The number of hydrogen-bond acceptors (Lipinski definition) is 6. The molecule has 0 fully saturated rings. The molecule has 0 spiro atoms. The van der Waals surface area contributed by atoms with E-state index in [4.69, 9.17) is 11.6 Å². The average Bonchev–Trinajstić information content (AvgIpc) is 2.78. The van der Waals surface area contributed by atoms with Crippen LogP contribution in [0.25, 0.3) is 0 Å². The van der Waals surface area contributed by atoms with E-state index in [0.29, 0.717) is 22.1 Å². The van der Waals surface area contributed by atoms with Crippen molar-refractivity contribution in [3.8, 4) is 0 Å². The number of anilines is 1. The van der Waals surface area contributed by atoms with E-state index >= 15 is 0 Å². The highest BCUT2D eigenvalue weighted by atomic mass is 35.5. The standard InChI is InChI=1S/C12H15ClN4O2S2/c1-7-9(6-14-3)4-10(13)5-11(7)21(18,19)17-12-16-15-8(2)20-12/h4-5,14H,6H2,1-3H3,(H,16,17). The van der Waals surface area contributed by atoms with Crippen LogP contribution in [-0.2, 0) is 16.6 Å². The molecule has 1 heterocycles. The number of aryl methyl sites for hydroxylation is 1. The third-order valence-corrected chi connectivity index (χ3v) is 5.40. The van der Waals surface area contributed by atoms with Crippen LogP contribution in [0, 0.1) is 13.8 Å². The lowest BCUT2D eigenvalue weighted by Gasteiger charge is -2.13. The molecule has 0 atom stereocenters. The number of hydrogen-bond donors (Lipinski definition) is 2. The van der Waals surface area contributed by atoms with Gasteiger partial charge in [0.1, 0.15) is 5.01 Å². The van der Waals surface area contributed by atoms with E-state index < -0.39 is 10.0 Å². The van der Waals surface area contributed by atoms with E-state index in [-0.39, 0.29) is 10.0 Å². The van der Waals surface area contributed by atoms with Gasteiger partial charge < -0.3 is 5.32 Å². The second kappa shape index (κ2) is 6.27. The van der Waals surface area contributed by atoms with Crippen molar-refractivity contribution in [2.75, 3.05) is 11.8 Å². The fourth-order valence-electron chi connectivity index (χ4n) is 1.87. The molecule has 0 aliphatic rings. The molecule has 0 amide bonds. The number of halogens is 1. The van der Waals surface area contributed by atoms with Gasteiger partial charge in [0.2, 0.25) is 5.13 Å². The van der Waals surface area contributed by atoms with Crippen molar-refractivity contribution in [2.24, 2.45) is 0 Å². The van der Waals surface area contributed by atoms with Crippen molar-refractivity contribution in [2.45, 2.75) is 25.3 Å². The van der Waals surface area contributed by atoms with Crippen LogP contribution in [0.3, 0.4) is 0 Å². The topological polar surface area (TPSA) is 84.0 Å². The first kappa shape index (κ1) is 16.2. The van der Waals surface area contributed by atoms with Crippen molar-refractivity contribution in [3.63, 3.8) is 0 Å². The van der Waals surface area contributed by atoms with E-state index in [9.17, 15) is 8.42 Å². The second-order valence-electron chi connectivity index (χ2n) is 4.45. The Morgan fingerprint density at radius 2 is 2.00 bits per heavy atom. The second-order valence-corrected chi connectivity index (χ2v) is 7.72. The first-order valence-electron chi connectivity index (χ1n) is 6.10. The molecule has 6 nitrogen and oxygen atoms in total. The van der Waals surface area contributed by atoms with Gasteiger partial charge in [0.25, 0.3) is 10.0 Å². The van der Waals surface area contributed by atoms with Crippen LogP contribution in [-0.4, -0.2) is 25.7 Å². The predicted octanol–water partition coefficient (Wildman–Crippen LogP) is 2.33. The van der Waals surface area contributed by atoms with Crippen LogP contribution in [0.15, 0.2) is 17.0 Å². The molecule has 0 aliphatic carbocycles. The van der Waals surface area contributed by atoms with Gasteiger partial charge in [-0.15, -0.1) is 10.2 Å². The average molecular weight is 347 g/mol. The zero-order valence-electron chi connectivity index (χ0n) is 11.8. The maximum atomic E-state index is 12.5. The quantitative estimate of drug-likeness (QED) is 0.868. The summed E-state index contributed by atoms with van der Waals surface area (Å²) >= 11 is 7.20. The summed E-state index contributed by atoms with van der Waals surface area (Å²) in [5, 5.41) is 11.8. The summed E-state index contributed by atoms with van der Waals surface area (Å²) in [6, 6.07) is 3.19. The largest absolute Gasteiger partial charge is 0.316 e. The SMILES string of the molecule is CNCc1cc(Cl)cc(S(=O)(=O)Nc2nnc(C)s2)c1C. The third kappa shape index (κ3) is 3.70. The lowest BCUT2D eigenvalue weighted by molar-refractivity contribution is 0.600. The molecule has 0 saturated carbocycles. The molecular formula is C12H15ClN4O2S2. The Labute approximate surface area is 132 Å². The lowest BCUT2D eigenvalue weighted by Crippen LogP contribution is -2.16. The van der Waals surface area contributed by atoms with Crippen LogP contribution in [0.5, 0.6) is 0 Å². The van der Waals surface area contributed by atoms with E-state index in [1.807, 2.05) is 0 Å². The lowest BCUT2D eigenvalue weighted by atomic mass is 10.1. The molecule has 21 heavy (non-hydrogen) atoms. The molecule has 0 aliphatic heterocycles. The number of nitrogens with zero attached hydrogens (tertiary/aromatic N) is 2. The highest BCUT2D eigenvalue weighted by molar-refractivity contribution is 7.93. The molecule has 0 unspecified atom stereocenters. The Kier molecular flexibility index (Phi) is 4.82. The summed E-state index contributed by atoms with van der Waals surface area (Å²) in [5.74, 6) is 0. The fraction of sp³-hybridized carbons (Fsp3) is 0.333. The summed E-state index contributed by atoms with van der Waals surface area (Å²) in [5.41, 5.74) is 1.49. The van der Waals surface area contributed by atoms with Crippen LogP contribution < -0.4 is 10.0 Å². The van der Waals surface area contributed by atoms with Crippen LogP contribution in [0.1, 0.15) is 16.1 Å². The number of aromatic nitrogens is 2. The number of sulfonamides is 1. The molecule has 0 bridgehead atoms. The molecule has 114 valence electrons. The molecule has 1 aromatic heterocycles. The zero-order valence-corrected chi connectivity index (χ0v) is 14.2. The molecule has 0 saturated heterocycles. The van der Waals surface area contributed by atoms with Gasteiger partial charge in [0.15, 0.2) is 0 Å². The van der Waals surface area contributed by atoms with Crippen LogP contribution >= 0.6 is 22.9 Å². The monoisotopic (exact) mass is 346 g/mol. The highest BCUT2D eigenvalue weighted by Crippen LogP contribution is 2.27. The van der Waals surface area contributed by atoms with E-state index in [1.54, 1.807) is 27.0 Å². The minimum absolute atomic E-state index is 0.146. The number of benzene rings is 1. The highest BCUT2D eigenvalue weighted by Gasteiger charge is 2.21. The molecule has 1 aromatic carbocycles. The Bertz CT molecular complexity index is 759. The summed E-state index contributed by atoms with van der Waals surface area (Å²) in [4.78, 5) is 0.146. The van der Waals surface area contributed by atoms with Crippen LogP contribution in [0.2, 0.25) is 5.02 Å². The Morgan fingerprint density at radius 3 is 2.57 bits per heavy atom. The normalized spacial score (nSPS) is 11.6. The van der Waals surface area contributed by atoms with Crippen molar-refractivity contribution in [1.82, 2.24) is 15.5 Å². The molecule has 0 radical (unpaired) electrons. The summed E-state index contributed by atoms with van der Waals surface area (Å²) in [6.45, 7) is 4.04. The van der Waals surface area contributed by atoms with Crippen molar-refractivity contribution in [3.05, 3.63) is 33.3 Å². The minimum Gasteiger partial charge on any atom is -0.316 e. The van der Waals surface area contributed by atoms with Gasteiger partial charge in [0, 0.05) is 11.6 Å².